The second-order valence-corrected chi connectivity index (χ2v) is 5.30. The number of tetrazole rings is 1. The summed E-state index contributed by atoms with van der Waals surface area (Å²) >= 11 is 3.38. The van der Waals surface area contributed by atoms with Gasteiger partial charge in [-0.1, -0.05) is 28.1 Å². The first kappa shape index (κ1) is 15.4. The number of rotatable bonds is 5. The molecule has 21 heavy (non-hydrogen) atoms. The van der Waals surface area contributed by atoms with Crippen LogP contribution in [0.1, 0.15) is 17.4 Å². The fraction of sp³-hybridized carbons (Fsp3) is 0.385. The Labute approximate surface area is 130 Å². The van der Waals surface area contributed by atoms with Crippen molar-refractivity contribution in [1.29, 1.82) is 0 Å². The highest BCUT2D eigenvalue weighted by Gasteiger charge is 2.31. The number of ether oxygens (including phenoxy) is 2. The Balaban J connectivity index is 2.44. The van der Waals surface area contributed by atoms with E-state index in [0.717, 1.165) is 11.3 Å². The van der Waals surface area contributed by atoms with Crippen LogP contribution in [0.15, 0.2) is 24.3 Å². The number of alkyl halides is 1. The summed E-state index contributed by atoms with van der Waals surface area (Å²) in [5.74, 6) is 0.935. The second-order valence-electron chi connectivity index (χ2n) is 4.31. The number of carbonyl (C=O) groups excluding carboxylic acids is 1. The van der Waals surface area contributed by atoms with Gasteiger partial charge in [-0.25, -0.2) is 4.68 Å². The summed E-state index contributed by atoms with van der Waals surface area (Å²) in [6, 6.07) is 6.94. The third-order valence-electron chi connectivity index (χ3n) is 3.08. The van der Waals surface area contributed by atoms with Gasteiger partial charge in [0.15, 0.2) is 0 Å². The largest absolute Gasteiger partial charge is 0.497 e. The Morgan fingerprint density at radius 3 is 2.43 bits per heavy atom. The Morgan fingerprint density at radius 2 is 1.95 bits per heavy atom. The fourth-order valence-corrected chi connectivity index (χ4v) is 2.69. The molecule has 0 spiro atoms. The Kier molecular flexibility index (Phi) is 4.89. The third kappa shape index (κ3) is 3.21. The molecule has 8 heteroatoms. The maximum atomic E-state index is 11.9. The van der Waals surface area contributed by atoms with Gasteiger partial charge >= 0.3 is 5.97 Å². The van der Waals surface area contributed by atoms with E-state index in [1.165, 1.54) is 7.11 Å². The van der Waals surface area contributed by atoms with Crippen molar-refractivity contribution in [3.05, 3.63) is 35.7 Å². The Bertz CT molecular complexity index is 614. The third-order valence-corrected chi connectivity index (χ3v) is 3.96. The van der Waals surface area contributed by atoms with Crippen molar-refractivity contribution < 1.29 is 14.3 Å². The van der Waals surface area contributed by atoms with Gasteiger partial charge in [0.05, 0.1) is 14.2 Å². The van der Waals surface area contributed by atoms with E-state index in [4.69, 9.17) is 9.47 Å². The molecule has 0 fully saturated rings. The zero-order valence-corrected chi connectivity index (χ0v) is 13.4. The van der Waals surface area contributed by atoms with Gasteiger partial charge in [0.2, 0.25) is 0 Å². The van der Waals surface area contributed by atoms with Gasteiger partial charge < -0.3 is 9.47 Å². The van der Waals surface area contributed by atoms with Crippen LogP contribution in [0.3, 0.4) is 0 Å². The number of halogens is 1. The van der Waals surface area contributed by atoms with Crippen LogP contribution in [0, 0.1) is 6.92 Å². The van der Waals surface area contributed by atoms with Crippen molar-refractivity contribution in [3.8, 4) is 5.75 Å². The van der Waals surface area contributed by atoms with Crippen LogP contribution in [0.5, 0.6) is 5.75 Å². The minimum Gasteiger partial charge on any atom is -0.497 e. The van der Waals surface area contributed by atoms with Gasteiger partial charge in [0.25, 0.3) is 0 Å². The standard InChI is InChI=1S/C13H15BrN4O3/c1-8-15-16-17-18(8)12(11(14)13(19)21-3)9-4-6-10(20-2)7-5-9/h4-7,11-12H,1-3H3/t11-,12-/m1/s1. The Hall–Kier alpha value is -1.96. The molecule has 2 aromatic rings. The lowest BCUT2D eigenvalue weighted by molar-refractivity contribution is -0.140. The summed E-state index contributed by atoms with van der Waals surface area (Å²) in [7, 11) is 2.94. The molecule has 1 heterocycles. The summed E-state index contributed by atoms with van der Waals surface area (Å²) in [4.78, 5) is 11.3. The van der Waals surface area contributed by atoms with Crippen LogP contribution >= 0.6 is 15.9 Å². The molecule has 0 amide bonds. The number of aromatic nitrogens is 4. The number of carbonyl (C=O) groups is 1. The van der Waals surface area contributed by atoms with Crippen molar-refractivity contribution in [3.63, 3.8) is 0 Å². The number of esters is 1. The van der Waals surface area contributed by atoms with Crippen LogP contribution in [0.25, 0.3) is 0 Å². The number of hydrogen-bond acceptors (Lipinski definition) is 6. The predicted octanol–water partition coefficient (Wildman–Crippen LogP) is 1.52. The molecule has 112 valence electrons. The Morgan fingerprint density at radius 1 is 1.29 bits per heavy atom. The van der Waals surface area contributed by atoms with Crippen LogP contribution in [0.2, 0.25) is 0 Å². The molecule has 0 aliphatic heterocycles. The van der Waals surface area contributed by atoms with E-state index in [0.29, 0.717) is 5.82 Å². The van der Waals surface area contributed by atoms with Gasteiger partial charge in [0.1, 0.15) is 22.4 Å². The van der Waals surface area contributed by atoms with E-state index < -0.39 is 16.8 Å². The van der Waals surface area contributed by atoms with Gasteiger partial charge in [-0.2, -0.15) is 0 Å². The summed E-state index contributed by atoms with van der Waals surface area (Å²) < 4.78 is 11.5. The van der Waals surface area contributed by atoms with Crippen LogP contribution in [-0.4, -0.2) is 45.2 Å². The molecule has 0 aliphatic rings. The van der Waals surface area contributed by atoms with Crippen molar-refractivity contribution in [2.24, 2.45) is 0 Å². The lowest BCUT2D eigenvalue weighted by atomic mass is 10.0. The smallest absolute Gasteiger partial charge is 0.322 e. The topological polar surface area (TPSA) is 79.1 Å². The lowest BCUT2D eigenvalue weighted by Crippen LogP contribution is -2.30. The molecule has 0 unspecified atom stereocenters. The number of nitrogens with zero attached hydrogens (tertiary/aromatic N) is 4. The van der Waals surface area contributed by atoms with E-state index in [9.17, 15) is 4.79 Å². The molecule has 0 bridgehead atoms. The first-order valence-electron chi connectivity index (χ1n) is 6.18. The average molecular weight is 355 g/mol. The molecular formula is C13H15BrN4O3. The van der Waals surface area contributed by atoms with E-state index >= 15 is 0 Å². The first-order valence-corrected chi connectivity index (χ1v) is 7.10. The number of hydrogen-bond donors (Lipinski definition) is 0. The molecule has 1 aromatic heterocycles. The van der Waals surface area contributed by atoms with Crippen LogP contribution in [-0.2, 0) is 9.53 Å². The summed E-state index contributed by atoms with van der Waals surface area (Å²) in [5, 5.41) is 11.5. The van der Waals surface area contributed by atoms with Crippen molar-refractivity contribution in [2.75, 3.05) is 14.2 Å². The minimum atomic E-state index is -0.613. The number of benzene rings is 1. The highest BCUT2D eigenvalue weighted by Crippen LogP contribution is 2.29. The SMILES string of the molecule is COC(=O)[C@H](Br)[C@@H](c1ccc(OC)cc1)n1nnnc1C. The van der Waals surface area contributed by atoms with E-state index in [-0.39, 0.29) is 0 Å². The quantitative estimate of drug-likeness (QED) is 0.598. The minimum absolute atomic E-state index is 0.397. The second kappa shape index (κ2) is 6.66. The molecule has 1 aromatic carbocycles. The lowest BCUT2D eigenvalue weighted by Gasteiger charge is -2.22. The molecule has 0 N–H and O–H groups in total. The van der Waals surface area contributed by atoms with E-state index in [2.05, 4.69) is 31.5 Å². The molecule has 0 radical (unpaired) electrons. The van der Waals surface area contributed by atoms with Crippen molar-refractivity contribution in [2.45, 2.75) is 17.8 Å². The summed E-state index contributed by atoms with van der Waals surface area (Å²) in [6.45, 7) is 1.77. The number of methoxy groups -OCH3 is 2. The highest BCUT2D eigenvalue weighted by molar-refractivity contribution is 9.10. The summed E-state index contributed by atoms with van der Waals surface area (Å²) in [6.07, 6.45) is 0. The highest BCUT2D eigenvalue weighted by atomic mass is 79.9. The zero-order chi connectivity index (χ0) is 15.4. The molecule has 7 nitrogen and oxygen atoms in total. The van der Waals surface area contributed by atoms with E-state index in [1.807, 2.05) is 24.3 Å². The molecule has 2 atom stereocenters. The zero-order valence-electron chi connectivity index (χ0n) is 11.9. The fourth-order valence-electron chi connectivity index (χ4n) is 1.97. The molecule has 0 aliphatic carbocycles. The van der Waals surface area contributed by atoms with E-state index in [1.54, 1.807) is 18.7 Å². The van der Waals surface area contributed by atoms with Gasteiger partial charge in [-0.15, -0.1) is 5.10 Å². The first-order chi connectivity index (χ1) is 10.1. The van der Waals surface area contributed by atoms with Crippen LogP contribution < -0.4 is 4.74 Å². The summed E-state index contributed by atoms with van der Waals surface area (Å²) in [5.41, 5.74) is 0.860. The number of aryl methyl sites for hydroxylation is 1. The van der Waals surface area contributed by atoms with Gasteiger partial charge in [-0.05, 0) is 35.0 Å². The van der Waals surface area contributed by atoms with Crippen molar-refractivity contribution >= 4 is 21.9 Å². The average Bonchev–Trinajstić information content (AvgIpc) is 2.93. The molecule has 0 saturated heterocycles. The normalized spacial score (nSPS) is 13.5. The van der Waals surface area contributed by atoms with Gasteiger partial charge in [-0.3, -0.25) is 4.79 Å². The molecular weight excluding hydrogens is 340 g/mol. The van der Waals surface area contributed by atoms with Crippen molar-refractivity contribution in [1.82, 2.24) is 20.2 Å². The maximum Gasteiger partial charge on any atom is 0.322 e. The molecule has 0 saturated carbocycles. The predicted molar refractivity (Wildman–Crippen MR) is 78.4 cm³/mol. The van der Waals surface area contributed by atoms with Crippen LogP contribution in [0.4, 0.5) is 0 Å². The van der Waals surface area contributed by atoms with Gasteiger partial charge in [0, 0.05) is 0 Å². The molecule has 2 rings (SSSR count). The monoisotopic (exact) mass is 354 g/mol. The maximum absolute atomic E-state index is 11.9.